The van der Waals surface area contributed by atoms with Crippen LogP contribution in [-0.4, -0.2) is 99.1 Å². The van der Waals surface area contributed by atoms with Gasteiger partial charge in [-0.2, -0.15) is 0 Å². The van der Waals surface area contributed by atoms with E-state index in [0.29, 0.717) is 38.6 Å². The molecule has 0 aliphatic carbocycles. The van der Waals surface area contributed by atoms with Crippen molar-refractivity contribution in [2.24, 2.45) is 29.6 Å². The molecule has 0 aromatic heterocycles. The van der Waals surface area contributed by atoms with Gasteiger partial charge in [-0.3, -0.25) is 4.79 Å². The molecule has 0 amide bonds. The first-order chi connectivity index (χ1) is 18.3. The SMILES string of the molecule is CC[C@H]1CC(=O)C(C)[C@@H](C[C@H]2C[C@@](C)(OC)[C@@H](O)C(C)O2)[C@H](C)C[C@](C)(O)C[C@@H](C)CN(C)C(C)C(O)[C@]1(C)O. The maximum atomic E-state index is 13.9. The predicted molar refractivity (Wildman–Crippen MR) is 158 cm³/mol. The van der Waals surface area contributed by atoms with Crippen molar-refractivity contribution in [3.63, 3.8) is 0 Å². The second-order valence-corrected chi connectivity index (χ2v) is 14.4. The number of carbonyl (C=O) groups excluding carboxylic acids is 1. The summed E-state index contributed by atoms with van der Waals surface area (Å²) >= 11 is 0. The molecule has 4 unspecified atom stereocenters. The van der Waals surface area contributed by atoms with E-state index in [4.69, 9.17) is 9.47 Å². The molecule has 0 aromatic carbocycles. The fraction of sp³-hybridized carbons (Fsp3) is 0.969. The van der Waals surface area contributed by atoms with Crippen molar-refractivity contribution >= 4 is 5.78 Å². The number of nitrogens with zero attached hydrogens (tertiary/aromatic N) is 1. The molecule has 0 spiro atoms. The lowest BCUT2D eigenvalue weighted by atomic mass is 9.69. The van der Waals surface area contributed by atoms with E-state index in [1.165, 1.54) is 0 Å². The molecule has 2 rings (SSSR count). The topological polar surface area (TPSA) is 120 Å². The Hall–Kier alpha value is -0.610. The van der Waals surface area contributed by atoms with Crippen molar-refractivity contribution in [1.82, 2.24) is 4.90 Å². The molecule has 8 heteroatoms. The van der Waals surface area contributed by atoms with Crippen molar-refractivity contribution in [3.05, 3.63) is 0 Å². The van der Waals surface area contributed by atoms with Gasteiger partial charge >= 0.3 is 0 Å². The molecule has 2 fully saturated rings. The molecule has 2 heterocycles. The van der Waals surface area contributed by atoms with Gasteiger partial charge in [0.25, 0.3) is 0 Å². The molecule has 2 saturated heterocycles. The normalized spacial score (nSPS) is 49.3. The van der Waals surface area contributed by atoms with E-state index in [2.05, 4.69) is 13.8 Å². The highest BCUT2D eigenvalue weighted by molar-refractivity contribution is 5.81. The summed E-state index contributed by atoms with van der Waals surface area (Å²) in [6, 6.07) is -0.323. The van der Waals surface area contributed by atoms with Gasteiger partial charge in [-0.05, 0) is 84.6 Å². The van der Waals surface area contributed by atoms with Crippen LogP contribution in [0.15, 0.2) is 0 Å². The molecular formula is C32H61NO7. The van der Waals surface area contributed by atoms with E-state index in [1.54, 1.807) is 14.0 Å². The third kappa shape index (κ3) is 8.27. The Balaban J connectivity index is 2.47. The average Bonchev–Trinajstić information content (AvgIpc) is 2.85. The molecule has 4 N–H and O–H groups in total. The summed E-state index contributed by atoms with van der Waals surface area (Å²) in [6.45, 7) is 18.0. The highest BCUT2D eigenvalue weighted by atomic mass is 16.5. The van der Waals surface area contributed by atoms with Gasteiger partial charge in [-0.1, -0.05) is 34.1 Å². The van der Waals surface area contributed by atoms with Crippen LogP contribution in [0.5, 0.6) is 0 Å². The summed E-state index contributed by atoms with van der Waals surface area (Å²) in [5.41, 5.74) is -3.12. The van der Waals surface area contributed by atoms with E-state index in [-0.39, 0.29) is 48.0 Å². The van der Waals surface area contributed by atoms with E-state index in [9.17, 15) is 25.2 Å². The van der Waals surface area contributed by atoms with Crippen LogP contribution in [0, 0.1) is 29.6 Å². The van der Waals surface area contributed by atoms with Gasteiger partial charge in [0.05, 0.1) is 35.1 Å². The first-order valence-corrected chi connectivity index (χ1v) is 15.5. The minimum Gasteiger partial charge on any atom is -0.390 e. The van der Waals surface area contributed by atoms with Crippen molar-refractivity contribution < 1.29 is 34.7 Å². The van der Waals surface area contributed by atoms with E-state index < -0.39 is 41.0 Å². The minimum absolute atomic E-state index is 0.0219. The molecule has 0 bridgehead atoms. The average molecular weight is 572 g/mol. The predicted octanol–water partition coefficient (Wildman–Crippen LogP) is 3.81. The Morgan fingerprint density at radius 1 is 1.00 bits per heavy atom. The first kappa shape index (κ1) is 35.6. The van der Waals surface area contributed by atoms with Gasteiger partial charge in [0, 0.05) is 38.5 Å². The fourth-order valence-corrected chi connectivity index (χ4v) is 7.88. The zero-order valence-electron chi connectivity index (χ0n) is 27.2. The number of Topliss-reactive ketones (excluding diaryl/α,β-unsaturated/α-hetero) is 1. The number of carbonyl (C=O) groups is 1. The molecule has 40 heavy (non-hydrogen) atoms. The fourth-order valence-electron chi connectivity index (χ4n) is 7.88. The first-order valence-electron chi connectivity index (χ1n) is 15.5. The van der Waals surface area contributed by atoms with Crippen molar-refractivity contribution in [2.45, 2.75) is 148 Å². The molecule has 2 aliphatic rings. The van der Waals surface area contributed by atoms with Crippen molar-refractivity contribution in [1.29, 1.82) is 0 Å². The number of hydrogen-bond acceptors (Lipinski definition) is 8. The van der Waals surface area contributed by atoms with Gasteiger partial charge in [-0.25, -0.2) is 0 Å². The standard InChI is InChI=1S/C32H61NO7/c1-12-24-13-27(34)21(4)26(14-25-17-31(8,39-11)29(36)23(6)40-25)20(3)16-30(7,37)15-19(2)18-33(10)22(5)28(35)32(24,9)38/h19-26,28-29,35-38H,12-18H2,1-11H3/t19-,20-,21?,22?,23?,24+,25+,26+,28?,29+,30-,31-,32-/m1/s1. The third-order valence-electron chi connectivity index (χ3n) is 10.7. The molecule has 0 saturated carbocycles. The summed E-state index contributed by atoms with van der Waals surface area (Å²) in [5.74, 6) is -0.584. The van der Waals surface area contributed by atoms with Crippen LogP contribution in [0.3, 0.4) is 0 Å². The lowest BCUT2D eigenvalue weighted by Gasteiger charge is -2.46. The van der Waals surface area contributed by atoms with Gasteiger partial charge in [0.2, 0.25) is 0 Å². The van der Waals surface area contributed by atoms with Crippen LogP contribution >= 0.6 is 0 Å². The summed E-state index contributed by atoms with van der Waals surface area (Å²) in [7, 11) is 3.55. The number of aliphatic hydroxyl groups is 4. The molecule has 236 valence electrons. The van der Waals surface area contributed by atoms with Gasteiger partial charge in [0.15, 0.2) is 0 Å². The van der Waals surface area contributed by atoms with Crippen LogP contribution in [0.2, 0.25) is 0 Å². The molecule has 0 aromatic rings. The smallest absolute Gasteiger partial charge is 0.136 e. The number of hydrogen-bond donors (Lipinski definition) is 4. The zero-order valence-corrected chi connectivity index (χ0v) is 27.2. The van der Waals surface area contributed by atoms with E-state index in [1.807, 2.05) is 53.5 Å². The Morgan fingerprint density at radius 2 is 1.60 bits per heavy atom. The second-order valence-electron chi connectivity index (χ2n) is 14.4. The Kier molecular flexibility index (Phi) is 12.3. The Labute approximate surface area is 243 Å². The largest absolute Gasteiger partial charge is 0.390 e. The summed E-state index contributed by atoms with van der Waals surface area (Å²) < 4.78 is 12.0. The van der Waals surface area contributed by atoms with Crippen LogP contribution in [0.4, 0.5) is 0 Å². The van der Waals surface area contributed by atoms with Gasteiger partial charge in [-0.15, -0.1) is 0 Å². The monoisotopic (exact) mass is 571 g/mol. The van der Waals surface area contributed by atoms with Crippen LogP contribution in [-0.2, 0) is 14.3 Å². The maximum Gasteiger partial charge on any atom is 0.136 e. The summed E-state index contributed by atoms with van der Waals surface area (Å²) in [6.07, 6.45) is 0.576. The Bertz CT molecular complexity index is 819. The Morgan fingerprint density at radius 3 is 2.15 bits per heavy atom. The molecular weight excluding hydrogens is 510 g/mol. The van der Waals surface area contributed by atoms with Crippen molar-refractivity contribution in [2.75, 3.05) is 20.7 Å². The van der Waals surface area contributed by atoms with Crippen LogP contribution in [0.1, 0.15) is 101 Å². The highest BCUT2D eigenvalue weighted by Crippen LogP contribution is 2.41. The lowest BCUT2D eigenvalue weighted by molar-refractivity contribution is -0.218. The van der Waals surface area contributed by atoms with Crippen molar-refractivity contribution in [3.8, 4) is 0 Å². The summed E-state index contributed by atoms with van der Waals surface area (Å²) in [4.78, 5) is 15.9. The number of aliphatic hydroxyl groups excluding tert-OH is 2. The van der Waals surface area contributed by atoms with Crippen LogP contribution in [0.25, 0.3) is 0 Å². The molecule has 2 aliphatic heterocycles. The van der Waals surface area contributed by atoms with Crippen LogP contribution < -0.4 is 0 Å². The second kappa shape index (κ2) is 13.8. The maximum absolute atomic E-state index is 13.9. The number of likely N-dealkylation sites (N-methyl/N-ethyl adjacent to an activating group) is 1. The number of ketones is 1. The molecule has 13 atom stereocenters. The quantitative estimate of drug-likeness (QED) is 0.402. The van der Waals surface area contributed by atoms with E-state index in [0.717, 1.165) is 0 Å². The molecule has 8 nitrogen and oxygen atoms in total. The van der Waals surface area contributed by atoms with E-state index >= 15 is 0 Å². The number of rotatable bonds is 4. The minimum atomic E-state index is -1.44. The van der Waals surface area contributed by atoms with Gasteiger partial charge < -0.3 is 34.8 Å². The number of methoxy groups -OCH3 is 1. The number of ether oxygens (including phenoxy) is 2. The highest BCUT2D eigenvalue weighted by Gasteiger charge is 2.48. The zero-order chi connectivity index (χ0) is 30.8. The molecule has 0 radical (unpaired) electrons. The summed E-state index contributed by atoms with van der Waals surface area (Å²) in [5, 5.41) is 45.2. The lowest BCUT2D eigenvalue weighted by Crippen LogP contribution is -2.56. The third-order valence-corrected chi connectivity index (χ3v) is 10.7. The van der Waals surface area contributed by atoms with Gasteiger partial charge in [0.1, 0.15) is 11.9 Å².